The predicted octanol–water partition coefficient (Wildman–Crippen LogP) is 0.368. The predicted molar refractivity (Wildman–Crippen MR) is 62.8 cm³/mol. The summed E-state index contributed by atoms with van der Waals surface area (Å²) in [6, 6.07) is -0.139. The molecule has 18 heavy (non-hydrogen) atoms. The Hall–Kier alpha value is -2.05. The van der Waals surface area contributed by atoms with Gasteiger partial charge in [-0.2, -0.15) is 5.10 Å². The molecule has 7 nitrogen and oxygen atoms in total. The Labute approximate surface area is 104 Å². The highest BCUT2D eigenvalue weighted by molar-refractivity contribution is 5.77. The zero-order chi connectivity index (χ0) is 13.1. The van der Waals surface area contributed by atoms with Gasteiger partial charge in [-0.15, -0.1) is 0 Å². The van der Waals surface area contributed by atoms with Crippen molar-refractivity contribution in [2.45, 2.75) is 13.0 Å². The summed E-state index contributed by atoms with van der Waals surface area (Å²) in [7, 11) is 1.70. The minimum absolute atomic E-state index is 0.139. The molecule has 1 aliphatic heterocycles. The number of likely N-dealkylation sites (tertiary alicyclic amines) is 1. The number of H-pyrrole nitrogens is 1. The van der Waals surface area contributed by atoms with Gasteiger partial charge in [0.15, 0.2) is 0 Å². The molecule has 1 aliphatic rings. The van der Waals surface area contributed by atoms with Crippen LogP contribution in [0.25, 0.3) is 0 Å². The van der Waals surface area contributed by atoms with Crippen molar-refractivity contribution < 1.29 is 14.7 Å². The van der Waals surface area contributed by atoms with Crippen LogP contribution >= 0.6 is 0 Å². The Morgan fingerprint density at radius 1 is 1.67 bits per heavy atom. The number of amides is 2. The third-order valence-electron chi connectivity index (χ3n) is 3.11. The SMILES string of the molecule is CN(Cc1cn[nH]c1)C(=O)N1CCC(C(=O)O)C1. The molecule has 98 valence electrons. The van der Waals surface area contributed by atoms with Crippen molar-refractivity contribution in [2.24, 2.45) is 5.92 Å². The standard InChI is InChI=1S/C11H16N4O3/c1-14(6-8-4-12-13-5-8)11(18)15-3-2-9(7-15)10(16)17/h4-5,9H,2-3,6-7H2,1H3,(H,12,13)(H,16,17). The van der Waals surface area contributed by atoms with Crippen molar-refractivity contribution in [1.29, 1.82) is 0 Å². The van der Waals surface area contributed by atoms with Gasteiger partial charge in [-0.25, -0.2) is 4.79 Å². The third kappa shape index (κ3) is 2.61. The van der Waals surface area contributed by atoms with Crippen molar-refractivity contribution in [2.75, 3.05) is 20.1 Å². The number of urea groups is 1. The lowest BCUT2D eigenvalue weighted by Crippen LogP contribution is -2.39. The summed E-state index contributed by atoms with van der Waals surface area (Å²) in [6.07, 6.45) is 3.92. The van der Waals surface area contributed by atoms with Crippen LogP contribution in [0.1, 0.15) is 12.0 Å². The molecule has 2 amide bonds. The highest BCUT2D eigenvalue weighted by Crippen LogP contribution is 2.18. The average molecular weight is 252 g/mol. The summed E-state index contributed by atoms with van der Waals surface area (Å²) in [4.78, 5) is 26.0. The molecule has 1 atom stereocenters. The van der Waals surface area contributed by atoms with Crippen LogP contribution in [-0.2, 0) is 11.3 Å². The van der Waals surface area contributed by atoms with Crippen molar-refractivity contribution in [3.05, 3.63) is 18.0 Å². The molecule has 0 saturated carbocycles. The second-order valence-electron chi connectivity index (χ2n) is 4.52. The van der Waals surface area contributed by atoms with Crippen LogP contribution in [0.3, 0.4) is 0 Å². The molecule has 1 unspecified atom stereocenters. The molecule has 0 spiro atoms. The van der Waals surface area contributed by atoms with E-state index in [1.54, 1.807) is 29.2 Å². The molecule has 1 aromatic heterocycles. The number of aliphatic carboxylic acids is 1. The van der Waals surface area contributed by atoms with Crippen LogP contribution in [0.4, 0.5) is 4.79 Å². The summed E-state index contributed by atoms with van der Waals surface area (Å²) < 4.78 is 0. The molecule has 0 bridgehead atoms. The Balaban J connectivity index is 1.90. The Morgan fingerprint density at radius 2 is 2.44 bits per heavy atom. The first-order valence-corrected chi connectivity index (χ1v) is 5.78. The largest absolute Gasteiger partial charge is 0.481 e. The Morgan fingerprint density at radius 3 is 3.00 bits per heavy atom. The van der Waals surface area contributed by atoms with Gasteiger partial charge < -0.3 is 14.9 Å². The first-order valence-electron chi connectivity index (χ1n) is 5.78. The van der Waals surface area contributed by atoms with Crippen molar-refractivity contribution in [1.82, 2.24) is 20.0 Å². The quantitative estimate of drug-likeness (QED) is 0.813. The fourth-order valence-corrected chi connectivity index (χ4v) is 2.08. The summed E-state index contributed by atoms with van der Waals surface area (Å²) in [5, 5.41) is 15.4. The monoisotopic (exact) mass is 252 g/mol. The zero-order valence-electron chi connectivity index (χ0n) is 10.2. The molecule has 0 radical (unpaired) electrons. The fraction of sp³-hybridized carbons (Fsp3) is 0.545. The van der Waals surface area contributed by atoms with Crippen molar-refractivity contribution in [3.63, 3.8) is 0 Å². The maximum Gasteiger partial charge on any atom is 0.320 e. The Bertz CT molecular complexity index is 432. The smallest absolute Gasteiger partial charge is 0.320 e. The van der Waals surface area contributed by atoms with Crippen LogP contribution in [0.2, 0.25) is 0 Å². The number of hydrogen-bond donors (Lipinski definition) is 2. The first kappa shape index (κ1) is 12.4. The van der Waals surface area contributed by atoms with Gasteiger partial charge in [0.25, 0.3) is 0 Å². The van der Waals surface area contributed by atoms with Crippen molar-refractivity contribution >= 4 is 12.0 Å². The lowest BCUT2D eigenvalue weighted by Gasteiger charge is -2.24. The molecule has 0 aromatic carbocycles. The van der Waals surface area contributed by atoms with Crippen molar-refractivity contribution in [3.8, 4) is 0 Å². The number of nitrogens with one attached hydrogen (secondary N) is 1. The third-order valence-corrected chi connectivity index (χ3v) is 3.11. The van der Waals surface area contributed by atoms with E-state index in [-0.39, 0.29) is 6.03 Å². The molecule has 7 heteroatoms. The Kier molecular flexibility index (Phi) is 3.50. The molecular formula is C11H16N4O3. The van der Waals surface area contributed by atoms with Gasteiger partial charge >= 0.3 is 12.0 Å². The molecule has 2 heterocycles. The summed E-state index contributed by atoms with van der Waals surface area (Å²) >= 11 is 0. The number of carbonyl (C=O) groups is 2. The van der Waals surface area contributed by atoms with Crippen LogP contribution in [0, 0.1) is 5.92 Å². The number of carboxylic acid groups (broad SMARTS) is 1. The molecule has 2 rings (SSSR count). The fourth-order valence-electron chi connectivity index (χ4n) is 2.08. The summed E-state index contributed by atoms with van der Waals surface area (Å²) in [5.41, 5.74) is 0.917. The minimum Gasteiger partial charge on any atom is -0.481 e. The van der Waals surface area contributed by atoms with E-state index in [0.717, 1.165) is 5.56 Å². The molecule has 0 aliphatic carbocycles. The van der Waals surface area contributed by atoms with Gasteiger partial charge in [-0.1, -0.05) is 0 Å². The first-order chi connectivity index (χ1) is 8.58. The van der Waals surface area contributed by atoms with E-state index in [4.69, 9.17) is 5.11 Å². The topological polar surface area (TPSA) is 89.5 Å². The lowest BCUT2D eigenvalue weighted by atomic mass is 10.1. The van der Waals surface area contributed by atoms with E-state index in [9.17, 15) is 9.59 Å². The van der Waals surface area contributed by atoms with E-state index >= 15 is 0 Å². The van der Waals surface area contributed by atoms with E-state index in [2.05, 4.69) is 10.2 Å². The number of hydrogen-bond acceptors (Lipinski definition) is 3. The van der Waals surface area contributed by atoms with Gasteiger partial charge in [0, 0.05) is 31.9 Å². The second kappa shape index (κ2) is 5.07. The average Bonchev–Trinajstić information content (AvgIpc) is 2.98. The van der Waals surface area contributed by atoms with E-state index in [0.29, 0.717) is 26.1 Å². The highest BCUT2D eigenvalue weighted by atomic mass is 16.4. The highest BCUT2D eigenvalue weighted by Gasteiger charge is 2.32. The van der Waals surface area contributed by atoms with Gasteiger partial charge in [-0.3, -0.25) is 9.89 Å². The van der Waals surface area contributed by atoms with E-state index in [1.165, 1.54) is 0 Å². The van der Waals surface area contributed by atoms with Crippen LogP contribution in [0.5, 0.6) is 0 Å². The molecule has 2 N–H and O–H groups in total. The molecule has 1 aromatic rings. The van der Waals surface area contributed by atoms with Gasteiger partial charge in [0.2, 0.25) is 0 Å². The maximum absolute atomic E-state index is 12.1. The molecule has 1 fully saturated rings. The normalized spacial score (nSPS) is 18.9. The van der Waals surface area contributed by atoms with Crippen LogP contribution in [0.15, 0.2) is 12.4 Å². The van der Waals surface area contributed by atoms with E-state index < -0.39 is 11.9 Å². The maximum atomic E-state index is 12.1. The van der Waals surface area contributed by atoms with Gasteiger partial charge in [0.1, 0.15) is 0 Å². The minimum atomic E-state index is -0.831. The van der Waals surface area contributed by atoms with Gasteiger partial charge in [-0.05, 0) is 6.42 Å². The number of carbonyl (C=O) groups excluding carboxylic acids is 1. The summed E-state index contributed by atoms with van der Waals surface area (Å²) in [6.45, 7) is 1.26. The van der Waals surface area contributed by atoms with E-state index in [1.807, 2.05) is 0 Å². The summed E-state index contributed by atoms with van der Waals surface area (Å²) in [5.74, 6) is -1.26. The number of aromatic amines is 1. The second-order valence-corrected chi connectivity index (χ2v) is 4.52. The lowest BCUT2D eigenvalue weighted by molar-refractivity contribution is -0.141. The number of aromatic nitrogens is 2. The number of rotatable bonds is 3. The van der Waals surface area contributed by atoms with Crippen LogP contribution in [-0.4, -0.2) is 57.2 Å². The zero-order valence-corrected chi connectivity index (χ0v) is 10.2. The molecular weight excluding hydrogens is 236 g/mol. The number of carboxylic acids is 1. The van der Waals surface area contributed by atoms with Crippen LogP contribution < -0.4 is 0 Å². The van der Waals surface area contributed by atoms with Gasteiger partial charge in [0.05, 0.1) is 18.7 Å². The number of nitrogens with zero attached hydrogens (tertiary/aromatic N) is 3. The molecule has 1 saturated heterocycles.